The first kappa shape index (κ1) is 12.6. The number of piperidine rings is 1. The van der Waals surface area contributed by atoms with Crippen molar-refractivity contribution in [2.24, 2.45) is 0 Å². The molecule has 0 saturated carbocycles. The summed E-state index contributed by atoms with van der Waals surface area (Å²) < 4.78 is 0. The topological polar surface area (TPSA) is 78.3 Å². The molecular formula is C12H18N4O2. The second-order valence-corrected chi connectivity index (χ2v) is 4.51. The number of nitrogens with zero attached hydrogens (tertiary/aromatic N) is 3. The predicted octanol–water partition coefficient (Wildman–Crippen LogP) is 1.35. The maximum Gasteiger partial charge on any atom is 0.325 e. The zero-order valence-corrected chi connectivity index (χ0v) is 10.5. The Morgan fingerprint density at radius 2 is 2.11 bits per heavy atom. The molecule has 2 N–H and O–H groups in total. The van der Waals surface area contributed by atoms with Gasteiger partial charge >= 0.3 is 5.97 Å². The van der Waals surface area contributed by atoms with Crippen LogP contribution >= 0.6 is 0 Å². The summed E-state index contributed by atoms with van der Waals surface area (Å²) in [6.07, 6.45) is 5.10. The highest BCUT2D eigenvalue weighted by molar-refractivity contribution is 5.76. The molecule has 2 rings (SSSR count). The van der Waals surface area contributed by atoms with Gasteiger partial charge in [0.15, 0.2) is 0 Å². The van der Waals surface area contributed by atoms with E-state index >= 15 is 0 Å². The lowest BCUT2D eigenvalue weighted by molar-refractivity contribution is -0.137. The molecule has 0 amide bonds. The monoisotopic (exact) mass is 250 g/mol. The molecule has 0 spiro atoms. The van der Waals surface area contributed by atoms with Crippen molar-refractivity contribution in [3.05, 3.63) is 12.4 Å². The van der Waals surface area contributed by atoms with E-state index in [2.05, 4.69) is 20.2 Å². The largest absolute Gasteiger partial charge is 0.480 e. The van der Waals surface area contributed by atoms with Crippen molar-refractivity contribution in [1.82, 2.24) is 9.97 Å². The standard InChI is InChI=1S/C12H18N4O2/c1-9(12(17)18)15-10-7-11(14-8-13-10)16-5-3-2-4-6-16/h7-9H,2-6H2,1H3,(H,17,18)(H,13,14,15)/t9-/m1/s1. The Morgan fingerprint density at radius 3 is 2.78 bits per heavy atom. The van der Waals surface area contributed by atoms with Crippen LogP contribution in [0.3, 0.4) is 0 Å². The van der Waals surface area contributed by atoms with Crippen LogP contribution in [0.1, 0.15) is 26.2 Å². The molecule has 1 aliphatic heterocycles. The molecule has 1 aromatic rings. The van der Waals surface area contributed by atoms with Crippen LogP contribution in [0, 0.1) is 0 Å². The average Bonchev–Trinajstić information content (AvgIpc) is 2.40. The van der Waals surface area contributed by atoms with E-state index in [-0.39, 0.29) is 0 Å². The lowest BCUT2D eigenvalue weighted by atomic mass is 10.1. The van der Waals surface area contributed by atoms with Crippen LogP contribution in [-0.2, 0) is 4.79 Å². The van der Waals surface area contributed by atoms with Gasteiger partial charge < -0.3 is 15.3 Å². The number of carbonyl (C=O) groups is 1. The summed E-state index contributed by atoms with van der Waals surface area (Å²) in [6, 6.07) is 1.15. The van der Waals surface area contributed by atoms with Crippen molar-refractivity contribution in [2.75, 3.05) is 23.3 Å². The third kappa shape index (κ3) is 3.09. The first-order valence-corrected chi connectivity index (χ1v) is 6.23. The van der Waals surface area contributed by atoms with Crippen molar-refractivity contribution >= 4 is 17.6 Å². The van der Waals surface area contributed by atoms with Gasteiger partial charge in [0, 0.05) is 19.2 Å². The number of rotatable bonds is 4. The van der Waals surface area contributed by atoms with E-state index in [1.807, 2.05) is 6.07 Å². The fourth-order valence-electron chi connectivity index (χ4n) is 2.01. The molecule has 6 heteroatoms. The molecule has 0 bridgehead atoms. The predicted molar refractivity (Wildman–Crippen MR) is 68.8 cm³/mol. The van der Waals surface area contributed by atoms with Crippen LogP contribution in [0.4, 0.5) is 11.6 Å². The molecule has 0 radical (unpaired) electrons. The fraction of sp³-hybridized carbons (Fsp3) is 0.583. The SMILES string of the molecule is C[C@@H](Nc1cc(N2CCCCC2)ncn1)C(=O)O. The van der Waals surface area contributed by atoms with Crippen molar-refractivity contribution in [2.45, 2.75) is 32.2 Å². The first-order chi connectivity index (χ1) is 8.66. The number of anilines is 2. The second-order valence-electron chi connectivity index (χ2n) is 4.51. The van der Waals surface area contributed by atoms with Gasteiger partial charge in [-0.15, -0.1) is 0 Å². The van der Waals surface area contributed by atoms with Gasteiger partial charge in [0.2, 0.25) is 0 Å². The third-order valence-corrected chi connectivity index (χ3v) is 3.07. The molecular weight excluding hydrogens is 232 g/mol. The molecule has 6 nitrogen and oxygen atoms in total. The van der Waals surface area contributed by atoms with Crippen LogP contribution < -0.4 is 10.2 Å². The zero-order valence-electron chi connectivity index (χ0n) is 10.5. The molecule has 18 heavy (non-hydrogen) atoms. The summed E-state index contributed by atoms with van der Waals surface area (Å²) >= 11 is 0. The van der Waals surface area contributed by atoms with E-state index in [1.165, 1.54) is 25.6 Å². The number of hydrogen-bond acceptors (Lipinski definition) is 5. The molecule has 98 valence electrons. The Labute approximate surface area is 106 Å². The lowest BCUT2D eigenvalue weighted by Gasteiger charge is -2.27. The minimum absolute atomic E-state index is 0.556. The maximum absolute atomic E-state index is 10.8. The van der Waals surface area contributed by atoms with Gasteiger partial charge in [-0.1, -0.05) is 0 Å². The fourth-order valence-corrected chi connectivity index (χ4v) is 2.01. The summed E-state index contributed by atoms with van der Waals surface area (Å²) in [6.45, 7) is 3.60. The zero-order chi connectivity index (χ0) is 13.0. The van der Waals surface area contributed by atoms with E-state index in [9.17, 15) is 4.79 Å². The van der Waals surface area contributed by atoms with Gasteiger partial charge in [-0.05, 0) is 26.2 Å². The smallest absolute Gasteiger partial charge is 0.325 e. The normalized spacial score (nSPS) is 17.3. The van der Waals surface area contributed by atoms with E-state index in [1.54, 1.807) is 6.92 Å². The van der Waals surface area contributed by atoms with E-state index in [0.717, 1.165) is 18.9 Å². The Morgan fingerprint density at radius 1 is 1.39 bits per heavy atom. The van der Waals surface area contributed by atoms with Gasteiger partial charge in [-0.2, -0.15) is 0 Å². The highest BCUT2D eigenvalue weighted by Gasteiger charge is 2.15. The molecule has 1 aliphatic rings. The van der Waals surface area contributed by atoms with Crippen molar-refractivity contribution in [3.63, 3.8) is 0 Å². The number of aromatic nitrogens is 2. The Hall–Kier alpha value is -1.85. The quantitative estimate of drug-likeness (QED) is 0.840. The van der Waals surface area contributed by atoms with Gasteiger partial charge in [0.05, 0.1) is 0 Å². The Bertz CT molecular complexity index is 418. The molecule has 0 aliphatic carbocycles. The van der Waals surface area contributed by atoms with Crippen LogP contribution in [0.15, 0.2) is 12.4 Å². The maximum atomic E-state index is 10.8. The highest BCUT2D eigenvalue weighted by Crippen LogP contribution is 2.19. The molecule has 0 unspecified atom stereocenters. The second kappa shape index (κ2) is 5.66. The first-order valence-electron chi connectivity index (χ1n) is 6.23. The summed E-state index contributed by atoms with van der Waals surface area (Å²) in [7, 11) is 0. The minimum Gasteiger partial charge on any atom is -0.480 e. The molecule has 2 heterocycles. The van der Waals surface area contributed by atoms with Gasteiger partial charge in [-0.3, -0.25) is 4.79 Å². The molecule has 1 fully saturated rings. The van der Waals surface area contributed by atoms with E-state index < -0.39 is 12.0 Å². The summed E-state index contributed by atoms with van der Waals surface area (Å²) in [5.41, 5.74) is 0. The number of hydrogen-bond donors (Lipinski definition) is 2. The van der Waals surface area contributed by atoms with Crippen molar-refractivity contribution < 1.29 is 9.90 Å². The summed E-state index contributed by atoms with van der Waals surface area (Å²) in [4.78, 5) is 21.3. The molecule has 0 aromatic carbocycles. The van der Waals surface area contributed by atoms with E-state index in [0.29, 0.717) is 5.82 Å². The van der Waals surface area contributed by atoms with E-state index in [4.69, 9.17) is 5.11 Å². The van der Waals surface area contributed by atoms with Gasteiger partial charge in [0.1, 0.15) is 24.0 Å². The number of carboxylic acid groups (broad SMARTS) is 1. The number of aliphatic carboxylic acids is 1. The third-order valence-electron chi connectivity index (χ3n) is 3.07. The van der Waals surface area contributed by atoms with Gasteiger partial charge in [-0.25, -0.2) is 9.97 Å². The molecule has 1 atom stereocenters. The average molecular weight is 250 g/mol. The summed E-state index contributed by atoms with van der Waals surface area (Å²) in [5, 5.41) is 11.7. The van der Waals surface area contributed by atoms with Crippen LogP contribution in [0.5, 0.6) is 0 Å². The Balaban J connectivity index is 2.06. The summed E-state index contributed by atoms with van der Waals surface area (Å²) in [5.74, 6) is 0.526. The van der Waals surface area contributed by atoms with Crippen molar-refractivity contribution in [1.29, 1.82) is 0 Å². The molecule has 1 aromatic heterocycles. The lowest BCUT2D eigenvalue weighted by Crippen LogP contribution is -2.30. The van der Waals surface area contributed by atoms with Crippen LogP contribution in [0.25, 0.3) is 0 Å². The van der Waals surface area contributed by atoms with Crippen LogP contribution in [-0.4, -0.2) is 40.2 Å². The minimum atomic E-state index is -0.895. The molecule has 1 saturated heterocycles. The Kier molecular flexibility index (Phi) is 3.96. The van der Waals surface area contributed by atoms with Crippen molar-refractivity contribution in [3.8, 4) is 0 Å². The van der Waals surface area contributed by atoms with Crippen LogP contribution in [0.2, 0.25) is 0 Å². The highest BCUT2D eigenvalue weighted by atomic mass is 16.4. The number of nitrogens with one attached hydrogen (secondary N) is 1. The number of carboxylic acids is 1. The van der Waals surface area contributed by atoms with Gasteiger partial charge in [0.25, 0.3) is 0 Å².